The smallest absolute Gasteiger partial charge is 0.256 e. The number of ether oxygens (including phenoxy) is 2. The molecule has 0 aliphatic heterocycles. The summed E-state index contributed by atoms with van der Waals surface area (Å²) in [4.78, 5) is 27.0. The van der Waals surface area contributed by atoms with Gasteiger partial charge in [-0.3, -0.25) is 9.59 Å². The van der Waals surface area contributed by atoms with Gasteiger partial charge in [-0.2, -0.15) is 0 Å². The van der Waals surface area contributed by atoms with Crippen molar-refractivity contribution in [3.05, 3.63) is 98.9 Å². The van der Waals surface area contributed by atoms with E-state index in [1.807, 2.05) is 49.4 Å². The highest BCUT2D eigenvalue weighted by atomic mass is 35.5. The van der Waals surface area contributed by atoms with E-state index in [0.717, 1.165) is 28.2 Å². The highest BCUT2D eigenvalue weighted by Crippen LogP contribution is 2.39. The molecule has 38 heavy (non-hydrogen) atoms. The molecule has 1 amide bonds. The first kappa shape index (κ1) is 27.0. The second-order valence-corrected chi connectivity index (χ2v) is 9.98. The van der Waals surface area contributed by atoms with Crippen LogP contribution in [0.4, 0.5) is 16.4 Å². The molecule has 0 fully saturated rings. The van der Waals surface area contributed by atoms with E-state index in [9.17, 15) is 9.59 Å². The second-order valence-electron chi connectivity index (χ2n) is 8.52. The maximum atomic E-state index is 13.4. The lowest BCUT2D eigenvalue weighted by Crippen LogP contribution is -2.26. The number of nitrogen functional groups attached to an aromatic ring is 1. The number of hydrogen-bond donors (Lipinski definition) is 3. The van der Waals surface area contributed by atoms with Gasteiger partial charge in [-0.15, -0.1) is 11.3 Å². The molecule has 0 aliphatic carbocycles. The molecular formula is C29H28ClN3O4S. The lowest BCUT2D eigenvalue weighted by molar-refractivity contribution is 0.0956. The molecule has 0 bridgehead atoms. The van der Waals surface area contributed by atoms with E-state index in [0.29, 0.717) is 40.1 Å². The van der Waals surface area contributed by atoms with Crippen molar-refractivity contribution in [3.8, 4) is 11.5 Å². The molecule has 0 saturated heterocycles. The van der Waals surface area contributed by atoms with Crippen LogP contribution in [0.5, 0.6) is 11.5 Å². The Morgan fingerprint density at radius 3 is 2.37 bits per heavy atom. The van der Waals surface area contributed by atoms with Crippen LogP contribution in [0.2, 0.25) is 5.02 Å². The van der Waals surface area contributed by atoms with Crippen molar-refractivity contribution >= 4 is 51.0 Å². The number of hydrogen-bond acceptors (Lipinski definition) is 7. The molecule has 4 N–H and O–H groups in total. The van der Waals surface area contributed by atoms with Gasteiger partial charge in [0.1, 0.15) is 9.88 Å². The van der Waals surface area contributed by atoms with Crippen molar-refractivity contribution in [2.24, 2.45) is 0 Å². The van der Waals surface area contributed by atoms with Crippen LogP contribution < -0.4 is 25.8 Å². The Kier molecular flexibility index (Phi) is 8.55. The summed E-state index contributed by atoms with van der Waals surface area (Å²) < 4.78 is 10.7. The van der Waals surface area contributed by atoms with E-state index in [1.165, 1.54) is 0 Å². The molecule has 4 aromatic rings. The third-order valence-corrected chi connectivity index (χ3v) is 7.40. The highest BCUT2D eigenvalue weighted by molar-refractivity contribution is 7.19. The number of carbonyl (C=O) groups is 2. The number of rotatable bonds is 10. The maximum Gasteiger partial charge on any atom is 0.256 e. The predicted octanol–water partition coefficient (Wildman–Crippen LogP) is 6.26. The number of methoxy groups -OCH3 is 2. The predicted molar refractivity (Wildman–Crippen MR) is 154 cm³/mol. The molecular weight excluding hydrogens is 522 g/mol. The van der Waals surface area contributed by atoms with Gasteiger partial charge in [-0.1, -0.05) is 35.9 Å². The Morgan fingerprint density at radius 2 is 1.68 bits per heavy atom. The van der Waals surface area contributed by atoms with Gasteiger partial charge in [0.25, 0.3) is 5.91 Å². The van der Waals surface area contributed by atoms with Gasteiger partial charge in [0.2, 0.25) is 5.78 Å². The molecule has 0 atom stereocenters. The maximum absolute atomic E-state index is 13.4. The number of halogens is 1. The number of anilines is 3. The summed E-state index contributed by atoms with van der Waals surface area (Å²) in [7, 11) is 3.16. The number of thiophene rings is 1. The summed E-state index contributed by atoms with van der Waals surface area (Å²) in [6.07, 6.45) is 0.563. The summed E-state index contributed by atoms with van der Waals surface area (Å²) in [6, 6.07) is 19.9. The Morgan fingerprint density at radius 1 is 0.974 bits per heavy atom. The van der Waals surface area contributed by atoms with Crippen molar-refractivity contribution in [3.63, 3.8) is 0 Å². The zero-order chi connectivity index (χ0) is 27.2. The first-order chi connectivity index (χ1) is 18.3. The lowest BCUT2D eigenvalue weighted by atomic mass is 10.1. The van der Waals surface area contributed by atoms with Gasteiger partial charge in [0, 0.05) is 22.8 Å². The van der Waals surface area contributed by atoms with E-state index in [1.54, 1.807) is 38.5 Å². The summed E-state index contributed by atoms with van der Waals surface area (Å²) in [5.74, 6) is 0.608. The highest BCUT2D eigenvalue weighted by Gasteiger charge is 2.26. The van der Waals surface area contributed by atoms with Gasteiger partial charge >= 0.3 is 0 Å². The number of para-hydroxylation sites is 1. The minimum absolute atomic E-state index is 0.134. The van der Waals surface area contributed by atoms with E-state index in [-0.39, 0.29) is 27.8 Å². The standard InChI is InChI=1S/C29H28ClN3O4S/c1-17-6-4-5-7-21(17)33-29-24(25(31)27(38-29)26(34)19-9-11-20(30)12-10-19)28(35)32-15-14-18-8-13-22(36-2)23(16-18)37-3/h4-13,16,33H,14-15,31H2,1-3H3,(H,32,35). The fourth-order valence-corrected chi connectivity index (χ4v) is 5.16. The lowest BCUT2D eigenvalue weighted by Gasteiger charge is -2.12. The Bertz CT molecular complexity index is 1470. The molecule has 0 spiro atoms. The van der Waals surface area contributed by atoms with Crippen LogP contribution in [0, 0.1) is 6.92 Å². The van der Waals surface area contributed by atoms with Gasteiger partial charge in [-0.25, -0.2) is 0 Å². The normalized spacial score (nSPS) is 10.6. The van der Waals surface area contributed by atoms with E-state index in [2.05, 4.69) is 10.6 Å². The van der Waals surface area contributed by atoms with E-state index >= 15 is 0 Å². The van der Waals surface area contributed by atoms with Gasteiger partial charge < -0.3 is 25.8 Å². The molecule has 196 valence electrons. The van der Waals surface area contributed by atoms with E-state index < -0.39 is 0 Å². The number of carbonyl (C=O) groups excluding carboxylic acids is 2. The van der Waals surface area contributed by atoms with Gasteiger partial charge in [0.15, 0.2) is 11.5 Å². The number of nitrogens with two attached hydrogens (primary N) is 1. The van der Waals surface area contributed by atoms with Crippen molar-refractivity contribution in [2.75, 3.05) is 31.8 Å². The van der Waals surface area contributed by atoms with Crippen LogP contribution in [0.15, 0.2) is 66.7 Å². The third kappa shape index (κ3) is 5.93. The molecule has 0 aliphatic rings. The van der Waals surface area contributed by atoms with E-state index in [4.69, 9.17) is 26.8 Å². The third-order valence-electron chi connectivity index (χ3n) is 6.03. The van der Waals surface area contributed by atoms with Crippen LogP contribution in [0.25, 0.3) is 0 Å². The van der Waals surface area contributed by atoms with Crippen LogP contribution in [-0.2, 0) is 6.42 Å². The Hall–Kier alpha value is -4.01. The molecule has 9 heteroatoms. The van der Waals surface area contributed by atoms with Crippen molar-refractivity contribution in [1.29, 1.82) is 0 Å². The number of ketones is 1. The number of aryl methyl sites for hydroxylation is 1. The fraction of sp³-hybridized carbons (Fsp3) is 0.172. The number of nitrogens with one attached hydrogen (secondary N) is 2. The Balaban J connectivity index is 1.60. The Labute approximate surface area is 230 Å². The topological polar surface area (TPSA) is 103 Å². The van der Waals surface area contributed by atoms with Crippen molar-refractivity contribution in [2.45, 2.75) is 13.3 Å². The largest absolute Gasteiger partial charge is 0.493 e. The molecule has 1 heterocycles. The first-order valence-corrected chi connectivity index (χ1v) is 13.1. The van der Waals surface area contributed by atoms with Gasteiger partial charge in [-0.05, 0) is 66.9 Å². The summed E-state index contributed by atoms with van der Waals surface area (Å²) in [5, 5.41) is 7.27. The first-order valence-electron chi connectivity index (χ1n) is 11.9. The zero-order valence-electron chi connectivity index (χ0n) is 21.3. The minimum atomic E-state index is -0.370. The monoisotopic (exact) mass is 549 g/mol. The van der Waals surface area contributed by atoms with Crippen LogP contribution in [0.1, 0.15) is 36.7 Å². The molecule has 0 saturated carbocycles. The average Bonchev–Trinajstić information content (AvgIpc) is 3.25. The summed E-state index contributed by atoms with van der Waals surface area (Å²) in [5.41, 5.74) is 10.0. The van der Waals surface area contributed by atoms with Gasteiger partial charge in [0.05, 0.1) is 25.5 Å². The summed E-state index contributed by atoms with van der Waals surface area (Å²) >= 11 is 7.14. The molecule has 0 unspecified atom stereocenters. The molecule has 4 rings (SSSR count). The van der Waals surface area contributed by atoms with Crippen molar-refractivity contribution < 1.29 is 19.1 Å². The second kappa shape index (κ2) is 12.0. The van der Waals surface area contributed by atoms with Crippen molar-refractivity contribution in [1.82, 2.24) is 5.32 Å². The number of amides is 1. The molecule has 7 nitrogen and oxygen atoms in total. The van der Waals surface area contributed by atoms with Crippen LogP contribution >= 0.6 is 22.9 Å². The molecule has 0 radical (unpaired) electrons. The SMILES string of the molecule is COc1ccc(CCNC(=O)c2c(Nc3ccccc3C)sc(C(=O)c3ccc(Cl)cc3)c2N)cc1OC. The zero-order valence-corrected chi connectivity index (χ0v) is 22.8. The number of benzene rings is 3. The van der Waals surface area contributed by atoms with Crippen LogP contribution in [0.3, 0.4) is 0 Å². The average molecular weight is 550 g/mol. The van der Waals surface area contributed by atoms with Crippen LogP contribution in [-0.4, -0.2) is 32.5 Å². The molecule has 3 aromatic carbocycles. The minimum Gasteiger partial charge on any atom is -0.493 e. The quantitative estimate of drug-likeness (QED) is 0.202. The summed E-state index contributed by atoms with van der Waals surface area (Å²) in [6.45, 7) is 2.32. The fourth-order valence-electron chi connectivity index (χ4n) is 3.94. The molecule has 1 aromatic heterocycles.